The molecular weight excluding hydrogens is 184 g/mol. The summed E-state index contributed by atoms with van der Waals surface area (Å²) in [5.41, 5.74) is 2.23. The Labute approximate surface area is 83.0 Å². The number of halogens is 1. The van der Waals surface area contributed by atoms with E-state index in [0.717, 1.165) is 5.56 Å². The lowest BCUT2D eigenvalue weighted by Gasteiger charge is -1.93. The van der Waals surface area contributed by atoms with Crippen LogP contribution in [0.15, 0.2) is 30.3 Å². The van der Waals surface area contributed by atoms with Crippen LogP contribution in [0.5, 0.6) is 0 Å². The first-order chi connectivity index (χ1) is 6.22. The molecule has 0 amide bonds. The summed E-state index contributed by atoms with van der Waals surface area (Å²) >= 11 is 5.34. The van der Waals surface area contributed by atoms with Crippen molar-refractivity contribution in [1.82, 2.24) is 0 Å². The molecule has 13 heavy (non-hydrogen) atoms. The lowest BCUT2D eigenvalue weighted by Crippen LogP contribution is -1.91. The summed E-state index contributed by atoms with van der Waals surface area (Å²) in [6.07, 6.45) is 3.27. The fraction of sp³-hybridized carbons (Fsp3) is 0.182. The van der Waals surface area contributed by atoms with E-state index < -0.39 is 0 Å². The number of carbonyl (C=O) groups excluding carboxylic acids is 1. The van der Waals surface area contributed by atoms with E-state index in [1.807, 2.05) is 31.2 Å². The van der Waals surface area contributed by atoms with Gasteiger partial charge in [-0.2, -0.15) is 0 Å². The number of carbonyl (C=O) groups is 1. The molecule has 0 fully saturated rings. The third-order valence-corrected chi connectivity index (χ3v) is 1.93. The van der Waals surface area contributed by atoms with Gasteiger partial charge in [0, 0.05) is 0 Å². The maximum atomic E-state index is 10.8. The smallest absolute Gasteiger partial charge is 0.170 e. The third-order valence-electron chi connectivity index (χ3n) is 1.67. The Balaban J connectivity index is 2.69. The Hall–Kier alpha value is -1.08. The molecule has 1 rings (SSSR count). The molecule has 1 nitrogen and oxygen atoms in total. The van der Waals surface area contributed by atoms with Crippen LogP contribution in [0.25, 0.3) is 6.08 Å². The van der Waals surface area contributed by atoms with Crippen LogP contribution >= 0.6 is 11.6 Å². The van der Waals surface area contributed by atoms with Crippen molar-refractivity contribution >= 4 is 23.5 Å². The van der Waals surface area contributed by atoms with Crippen LogP contribution in [0, 0.1) is 6.92 Å². The molecule has 0 heterocycles. The lowest BCUT2D eigenvalue weighted by atomic mass is 10.1. The van der Waals surface area contributed by atoms with Gasteiger partial charge >= 0.3 is 0 Å². The molecule has 0 saturated carbocycles. The number of alkyl halides is 1. The van der Waals surface area contributed by atoms with E-state index in [1.165, 1.54) is 11.6 Å². The fourth-order valence-corrected chi connectivity index (χ4v) is 1.00. The quantitative estimate of drug-likeness (QED) is 0.534. The van der Waals surface area contributed by atoms with Gasteiger partial charge in [-0.15, -0.1) is 11.6 Å². The van der Waals surface area contributed by atoms with Crippen molar-refractivity contribution in [3.63, 3.8) is 0 Å². The Morgan fingerprint density at radius 1 is 1.38 bits per heavy atom. The van der Waals surface area contributed by atoms with E-state index >= 15 is 0 Å². The summed E-state index contributed by atoms with van der Waals surface area (Å²) in [6.45, 7) is 2.03. The van der Waals surface area contributed by atoms with Gasteiger partial charge in [-0.1, -0.05) is 35.9 Å². The highest BCUT2D eigenvalue weighted by Gasteiger charge is 1.91. The second kappa shape index (κ2) is 4.83. The Morgan fingerprint density at radius 2 is 2.00 bits per heavy atom. The van der Waals surface area contributed by atoms with Crippen LogP contribution in [0.2, 0.25) is 0 Å². The molecule has 0 bridgehead atoms. The van der Waals surface area contributed by atoms with Crippen molar-refractivity contribution < 1.29 is 4.79 Å². The Morgan fingerprint density at radius 3 is 2.54 bits per heavy atom. The van der Waals surface area contributed by atoms with Gasteiger partial charge in [0.2, 0.25) is 0 Å². The summed E-state index contributed by atoms with van der Waals surface area (Å²) in [5.74, 6) is -0.0234. The molecule has 0 aliphatic rings. The number of hydrogen-bond donors (Lipinski definition) is 0. The molecule has 0 aromatic heterocycles. The normalized spacial score (nSPS) is 10.6. The second-order valence-corrected chi connectivity index (χ2v) is 3.11. The molecule has 0 unspecified atom stereocenters. The molecular formula is C11H11ClO. The Kier molecular flexibility index (Phi) is 3.71. The summed E-state index contributed by atoms with van der Waals surface area (Å²) in [5, 5.41) is 0. The lowest BCUT2D eigenvalue weighted by molar-refractivity contribution is -0.112. The molecule has 0 spiro atoms. The minimum atomic E-state index is -0.0674. The van der Waals surface area contributed by atoms with Crippen molar-refractivity contribution in [2.24, 2.45) is 0 Å². The maximum absolute atomic E-state index is 10.8. The molecule has 0 N–H and O–H groups in total. The van der Waals surface area contributed by atoms with Crippen LogP contribution in [-0.2, 0) is 4.79 Å². The van der Waals surface area contributed by atoms with Gasteiger partial charge in [0.05, 0.1) is 5.88 Å². The molecule has 0 radical (unpaired) electrons. The van der Waals surface area contributed by atoms with Crippen LogP contribution in [0.3, 0.4) is 0 Å². The fourth-order valence-electron chi connectivity index (χ4n) is 0.911. The highest BCUT2D eigenvalue weighted by Crippen LogP contribution is 2.04. The van der Waals surface area contributed by atoms with Gasteiger partial charge in [-0.05, 0) is 18.6 Å². The van der Waals surface area contributed by atoms with Gasteiger partial charge in [0.15, 0.2) is 5.78 Å². The van der Waals surface area contributed by atoms with Gasteiger partial charge in [0.25, 0.3) is 0 Å². The first-order valence-corrected chi connectivity index (χ1v) is 4.59. The van der Waals surface area contributed by atoms with Crippen molar-refractivity contribution in [3.8, 4) is 0 Å². The molecule has 0 aliphatic heterocycles. The summed E-state index contributed by atoms with van der Waals surface area (Å²) in [4.78, 5) is 10.8. The van der Waals surface area contributed by atoms with Crippen molar-refractivity contribution in [1.29, 1.82) is 0 Å². The molecule has 0 atom stereocenters. The minimum Gasteiger partial charge on any atom is -0.294 e. The SMILES string of the molecule is Cc1ccc(C=CC(=O)CCl)cc1. The Bertz CT molecular complexity index is 311. The molecule has 1 aromatic carbocycles. The monoisotopic (exact) mass is 194 g/mol. The van der Waals surface area contributed by atoms with Crippen LogP contribution in [-0.4, -0.2) is 11.7 Å². The molecule has 1 aromatic rings. The van der Waals surface area contributed by atoms with Crippen molar-refractivity contribution in [2.75, 3.05) is 5.88 Å². The maximum Gasteiger partial charge on any atom is 0.170 e. The van der Waals surface area contributed by atoms with Crippen molar-refractivity contribution in [2.45, 2.75) is 6.92 Å². The van der Waals surface area contributed by atoms with E-state index in [-0.39, 0.29) is 11.7 Å². The minimum absolute atomic E-state index is 0.0440. The number of ketones is 1. The topological polar surface area (TPSA) is 17.1 Å². The molecule has 0 saturated heterocycles. The average molecular weight is 195 g/mol. The molecule has 68 valence electrons. The van der Waals surface area contributed by atoms with E-state index in [0.29, 0.717) is 0 Å². The molecule has 0 aliphatic carbocycles. The molecule has 2 heteroatoms. The first-order valence-electron chi connectivity index (χ1n) is 4.06. The van der Waals surface area contributed by atoms with E-state index in [9.17, 15) is 4.79 Å². The number of allylic oxidation sites excluding steroid dienone is 1. The van der Waals surface area contributed by atoms with Crippen LogP contribution in [0.4, 0.5) is 0 Å². The summed E-state index contributed by atoms with van der Waals surface area (Å²) < 4.78 is 0. The number of hydrogen-bond acceptors (Lipinski definition) is 1. The zero-order valence-corrected chi connectivity index (χ0v) is 8.21. The number of rotatable bonds is 3. The van der Waals surface area contributed by atoms with Gasteiger partial charge < -0.3 is 0 Å². The van der Waals surface area contributed by atoms with E-state index in [1.54, 1.807) is 6.08 Å². The largest absolute Gasteiger partial charge is 0.294 e. The first kappa shape index (κ1) is 10.0. The van der Waals surface area contributed by atoms with E-state index in [4.69, 9.17) is 11.6 Å². The summed E-state index contributed by atoms with van der Waals surface area (Å²) in [7, 11) is 0. The highest BCUT2D eigenvalue weighted by molar-refractivity contribution is 6.29. The predicted molar refractivity (Wildman–Crippen MR) is 55.9 cm³/mol. The number of benzene rings is 1. The van der Waals surface area contributed by atoms with Crippen LogP contribution in [0.1, 0.15) is 11.1 Å². The summed E-state index contributed by atoms with van der Waals surface area (Å²) in [6, 6.07) is 7.94. The highest BCUT2D eigenvalue weighted by atomic mass is 35.5. The standard InChI is InChI=1S/C11H11ClO/c1-9-2-4-10(5-3-9)6-7-11(13)8-12/h2-7H,8H2,1H3. The third kappa shape index (κ3) is 3.43. The van der Waals surface area contributed by atoms with Crippen molar-refractivity contribution in [3.05, 3.63) is 41.5 Å². The second-order valence-electron chi connectivity index (χ2n) is 2.84. The van der Waals surface area contributed by atoms with Gasteiger partial charge in [-0.25, -0.2) is 0 Å². The predicted octanol–water partition coefficient (Wildman–Crippen LogP) is 2.82. The van der Waals surface area contributed by atoms with Crippen LogP contribution < -0.4 is 0 Å². The zero-order chi connectivity index (χ0) is 9.68. The zero-order valence-electron chi connectivity index (χ0n) is 7.46. The van der Waals surface area contributed by atoms with Gasteiger partial charge in [-0.3, -0.25) is 4.79 Å². The average Bonchev–Trinajstić information content (AvgIpc) is 2.16. The van der Waals surface area contributed by atoms with E-state index in [2.05, 4.69) is 0 Å². The number of aryl methyl sites for hydroxylation is 1. The van der Waals surface area contributed by atoms with Gasteiger partial charge in [0.1, 0.15) is 0 Å².